The highest BCUT2D eigenvalue weighted by molar-refractivity contribution is 14.1. The molecule has 0 saturated heterocycles. The Morgan fingerprint density at radius 2 is 1.56 bits per heavy atom. The number of unbranched alkanes of at least 4 members (excludes halogenated alkanes) is 3. The highest BCUT2D eigenvalue weighted by atomic mass is 127. The van der Waals surface area contributed by atoms with Crippen LogP contribution in [0.25, 0.3) is 0 Å². The molecule has 0 aliphatic rings. The number of hydrogen-bond acceptors (Lipinski definition) is 1. The summed E-state index contributed by atoms with van der Waals surface area (Å²) in [5.41, 5.74) is 1.62. The van der Waals surface area contributed by atoms with Crippen molar-refractivity contribution in [3.63, 3.8) is 0 Å². The van der Waals surface area contributed by atoms with Gasteiger partial charge in [-0.15, -0.1) is 0 Å². The van der Waals surface area contributed by atoms with E-state index in [9.17, 15) is 0 Å². The summed E-state index contributed by atoms with van der Waals surface area (Å²) >= 11 is 2.52. The average Bonchev–Trinajstić information content (AvgIpc) is 2.30. The van der Waals surface area contributed by atoms with Crippen molar-refractivity contribution in [2.75, 3.05) is 0 Å². The summed E-state index contributed by atoms with van der Waals surface area (Å²) < 4.78 is 1.56. The molecule has 0 aromatic heterocycles. The van der Waals surface area contributed by atoms with E-state index < -0.39 is 0 Å². The molecule has 16 heavy (non-hydrogen) atoms. The van der Waals surface area contributed by atoms with Crippen LogP contribution >= 0.6 is 22.6 Å². The molecule has 0 saturated carbocycles. The van der Waals surface area contributed by atoms with Gasteiger partial charge in [0.25, 0.3) is 0 Å². The minimum Gasteiger partial charge on any atom is -0.198 e. The maximum atomic E-state index is 8.57. The lowest BCUT2D eigenvalue weighted by Crippen LogP contribution is -1.90. The predicted molar refractivity (Wildman–Crippen MR) is 79.6 cm³/mol. The molecule has 0 unspecified atom stereocenters. The van der Waals surface area contributed by atoms with E-state index in [0.29, 0.717) is 6.42 Å². The monoisotopic (exact) mass is 333 g/mol. The molecular weight excluding hydrogens is 309 g/mol. The molecule has 0 rings (SSSR count). The maximum absolute atomic E-state index is 8.57. The Morgan fingerprint density at radius 1 is 1.00 bits per heavy atom. The van der Waals surface area contributed by atoms with Gasteiger partial charge in [0.2, 0.25) is 0 Å². The van der Waals surface area contributed by atoms with Gasteiger partial charge in [-0.2, -0.15) is 5.26 Å². The van der Waals surface area contributed by atoms with Crippen LogP contribution in [0.5, 0.6) is 0 Å². The van der Waals surface area contributed by atoms with E-state index >= 15 is 0 Å². The first-order chi connectivity index (χ1) is 7.76. The van der Waals surface area contributed by atoms with E-state index in [2.05, 4.69) is 42.5 Å². The van der Waals surface area contributed by atoms with Crippen LogP contribution in [-0.4, -0.2) is 0 Å². The molecule has 0 N–H and O–H groups in total. The third kappa shape index (κ3) is 8.15. The zero-order chi connectivity index (χ0) is 12.2. The average molecular weight is 333 g/mol. The topological polar surface area (TPSA) is 23.8 Å². The first-order valence-electron chi connectivity index (χ1n) is 6.49. The summed E-state index contributed by atoms with van der Waals surface area (Å²) in [5, 5.41) is 8.57. The second-order valence-electron chi connectivity index (χ2n) is 4.23. The van der Waals surface area contributed by atoms with Crippen LogP contribution in [0.3, 0.4) is 0 Å². The molecule has 0 aromatic carbocycles. The molecule has 0 aromatic rings. The molecule has 0 heterocycles. The van der Waals surface area contributed by atoms with E-state index in [1.807, 2.05) is 0 Å². The smallest absolute Gasteiger partial charge is 0.0621 e. The highest BCUT2D eigenvalue weighted by Crippen LogP contribution is 2.27. The molecule has 92 valence electrons. The molecule has 0 amide bonds. The molecule has 0 atom stereocenters. The van der Waals surface area contributed by atoms with Crippen molar-refractivity contribution in [1.82, 2.24) is 0 Å². The van der Waals surface area contributed by atoms with E-state index in [4.69, 9.17) is 5.26 Å². The van der Waals surface area contributed by atoms with Gasteiger partial charge in [0.15, 0.2) is 0 Å². The van der Waals surface area contributed by atoms with Gasteiger partial charge in [-0.1, -0.05) is 32.3 Å². The number of allylic oxidation sites excluding steroid dienone is 2. The van der Waals surface area contributed by atoms with Gasteiger partial charge in [-0.05, 0) is 64.7 Å². The zero-order valence-corrected chi connectivity index (χ0v) is 12.8. The standard InChI is InChI=1S/C14H24IN/c1-3-5-9-13(10-7-8-12-16)14(15)11-6-4-2/h3-11H2,1-2H3/b14-13-. The molecule has 2 heteroatoms. The second-order valence-corrected chi connectivity index (χ2v) is 5.53. The van der Waals surface area contributed by atoms with Crippen molar-refractivity contribution in [3.8, 4) is 6.07 Å². The summed E-state index contributed by atoms with van der Waals surface area (Å²) in [5.74, 6) is 0. The molecule has 0 spiro atoms. The fraction of sp³-hybridized carbons (Fsp3) is 0.786. The lowest BCUT2D eigenvalue weighted by Gasteiger charge is -2.10. The third-order valence-electron chi connectivity index (χ3n) is 2.73. The molecule has 1 nitrogen and oxygen atoms in total. The number of halogens is 1. The Bertz CT molecular complexity index is 238. The number of nitriles is 1. The molecule has 0 bridgehead atoms. The van der Waals surface area contributed by atoms with Gasteiger partial charge >= 0.3 is 0 Å². The van der Waals surface area contributed by atoms with Gasteiger partial charge in [0.1, 0.15) is 0 Å². The Labute approximate surface area is 114 Å². The van der Waals surface area contributed by atoms with Crippen molar-refractivity contribution >= 4 is 22.6 Å². The van der Waals surface area contributed by atoms with Crippen molar-refractivity contribution in [2.45, 2.75) is 71.6 Å². The van der Waals surface area contributed by atoms with Gasteiger partial charge in [0.05, 0.1) is 6.07 Å². The largest absolute Gasteiger partial charge is 0.198 e. The summed E-state index contributed by atoms with van der Waals surface area (Å²) in [6.45, 7) is 4.48. The van der Waals surface area contributed by atoms with Crippen LogP contribution in [-0.2, 0) is 0 Å². The van der Waals surface area contributed by atoms with Crippen LogP contribution in [0.4, 0.5) is 0 Å². The van der Waals surface area contributed by atoms with E-state index in [1.165, 1.54) is 38.5 Å². The van der Waals surface area contributed by atoms with Crippen molar-refractivity contribution in [3.05, 3.63) is 9.15 Å². The Morgan fingerprint density at radius 3 is 2.12 bits per heavy atom. The Balaban J connectivity index is 4.20. The van der Waals surface area contributed by atoms with Crippen molar-refractivity contribution in [1.29, 1.82) is 5.26 Å². The van der Waals surface area contributed by atoms with Crippen molar-refractivity contribution < 1.29 is 0 Å². The minimum absolute atomic E-state index is 0.702. The minimum atomic E-state index is 0.702. The van der Waals surface area contributed by atoms with Crippen molar-refractivity contribution in [2.24, 2.45) is 0 Å². The lowest BCUT2D eigenvalue weighted by atomic mass is 10.0. The molecule has 0 aliphatic heterocycles. The van der Waals surface area contributed by atoms with E-state index in [-0.39, 0.29) is 0 Å². The summed E-state index contributed by atoms with van der Waals surface area (Å²) in [4.78, 5) is 0. The number of hydrogen-bond donors (Lipinski definition) is 0. The molecule has 0 radical (unpaired) electrons. The number of rotatable bonds is 9. The normalized spacial score (nSPS) is 12.1. The van der Waals surface area contributed by atoms with Gasteiger partial charge in [0, 0.05) is 6.42 Å². The Kier molecular flexibility index (Phi) is 11.4. The van der Waals surface area contributed by atoms with Gasteiger partial charge in [-0.25, -0.2) is 0 Å². The van der Waals surface area contributed by atoms with E-state index in [1.54, 1.807) is 9.15 Å². The molecule has 0 fully saturated rings. The quantitative estimate of drug-likeness (QED) is 0.389. The SMILES string of the molecule is CCCC/C(I)=C(\CCCC)CCCC#N. The van der Waals surface area contributed by atoms with Gasteiger partial charge in [-0.3, -0.25) is 0 Å². The van der Waals surface area contributed by atoms with Crippen LogP contribution in [0.15, 0.2) is 9.15 Å². The van der Waals surface area contributed by atoms with Crippen LogP contribution < -0.4 is 0 Å². The van der Waals surface area contributed by atoms with Gasteiger partial charge < -0.3 is 0 Å². The number of nitrogens with zero attached hydrogens (tertiary/aromatic N) is 1. The van der Waals surface area contributed by atoms with E-state index in [0.717, 1.165) is 12.8 Å². The third-order valence-corrected chi connectivity index (χ3v) is 4.03. The maximum Gasteiger partial charge on any atom is 0.0621 e. The zero-order valence-electron chi connectivity index (χ0n) is 10.7. The molecular formula is C14H24IN. The first-order valence-corrected chi connectivity index (χ1v) is 7.57. The summed E-state index contributed by atoms with van der Waals surface area (Å²) in [7, 11) is 0. The Hall–Kier alpha value is -0.0400. The lowest BCUT2D eigenvalue weighted by molar-refractivity contribution is 0.714. The summed E-state index contributed by atoms with van der Waals surface area (Å²) in [6, 6.07) is 2.24. The second kappa shape index (κ2) is 11.4. The van der Waals surface area contributed by atoms with Crippen LogP contribution in [0.1, 0.15) is 71.6 Å². The predicted octanol–water partition coefficient (Wildman–Crippen LogP) is 5.75. The summed E-state index contributed by atoms with van der Waals surface area (Å²) in [6.07, 6.45) is 10.5. The van der Waals surface area contributed by atoms with Crippen LogP contribution in [0.2, 0.25) is 0 Å². The fourth-order valence-corrected chi connectivity index (χ4v) is 2.60. The fourth-order valence-electron chi connectivity index (χ4n) is 1.68. The first kappa shape index (κ1) is 16.0. The highest BCUT2D eigenvalue weighted by Gasteiger charge is 2.04. The van der Waals surface area contributed by atoms with Crippen LogP contribution in [0, 0.1) is 11.3 Å². The molecule has 0 aliphatic carbocycles.